The number of guanidine groups is 1. The third-order valence-electron chi connectivity index (χ3n) is 6.78. The van der Waals surface area contributed by atoms with Gasteiger partial charge in [0, 0.05) is 25.7 Å². The van der Waals surface area contributed by atoms with Crippen LogP contribution < -0.4 is 10.9 Å². The van der Waals surface area contributed by atoms with Crippen molar-refractivity contribution in [2.75, 3.05) is 19.6 Å². The number of hydrogen-bond acceptors (Lipinski definition) is 6. The smallest absolute Gasteiger partial charge is 0.320 e. The summed E-state index contributed by atoms with van der Waals surface area (Å²) in [4.78, 5) is 23.9. The second kappa shape index (κ2) is 6.48. The predicted molar refractivity (Wildman–Crippen MR) is 100 cm³/mol. The maximum atomic E-state index is 13.1. The molecule has 3 atom stereocenters. The number of piperidine rings is 1. The van der Waals surface area contributed by atoms with Crippen molar-refractivity contribution in [1.29, 1.82) is 5.26 Å². The molecule has 2 saturated heterocycles. The number of fused-ring (bicyclic) bond motifs is 2. The molecule has 5 rings (SSSR count). The highest BCUT2D eigenvalue weighted by Crippen LogP contribution is 2.42. The van der Waals surface area contributed by atoms with Crippen LogP contribution in [0.15, 0.2) is 15.8 Å². The van der Waals surface area contributed by atoms with E-state index in [4.69, 9.17) is 16.9 Å². The molecule has 0 aromatic rings. The van der Waals surface area contributed by atoms with Gasteiger partial charge >= 0.3 is 6.03 Å². The molecular weight excluding hydrogens is 366 g/mol. The lowest BCUT2D eigenvalue weighted by molar-refractivity contribution is 0.134. The van der Waals surface area contributed by atoms with Crippen LogP contribution in [0.1, 0.15) is 38.5 Å². The van der Waals surface area contributed by atoms with Gasteiger partial charge in [-0.15, -0.1) is 0 Å². The van der Waals surface area contributed by atoms with E-state index in [9.17, 15) is 4.79 Å². The zero-order chi connectivity index (χ0) is 18.5. The van der Waals surface area contributed by atoms with Crippen molar-refractivity contribution >= 4 is 23.6 Å². The molecule has 2 aliphatic carbocycles. The summed E-state index contributed by atoms with van der Waals surface area (Å²) in [6, 6.07) is 3.13. The quantitative estimate of drug-likeness (QED) is 0.699. The monoisotopic (exact) mass is 389 g/mol. The fourth-order valence-electron chi connectivity index (χ4n) is 5.56. The number of nitriles is 1. The van der Waals surface area contributed by atoms with E-state index in [1.54, 1.807) is 0 Å². The van der Waals surface area contributed by atoms with E-state index in [2.05, 4.69) is 30.5 Å². The Bertz CT molecular complexity index is 753. The van der Waals surface area contributed by atoms with Gasteiger partial charge in [-0.3, -0.25) is 10.9 Å². The zero-order valence-corrected chi connectivity index (χ0v) is 16.0. The number of carbonyl (C=O) groups is 1. The standard InChI is InChI=1S/C18H24ClN7O/c19-16-13(9-20)22-23-17(21-16)26-10-11-7-14(15(26)8-11)25-6-5-24(18(25)27)12-3-1-2-4-12/h11-12,14-15,22H,1-8,10H2,(H,21,23). The van der Waals surface area contributed by atoms with Gasteiger partial charge < -0.3 is 14.7 Å². The summed E-state index contributed by atoms with van der Waals surface area (Å²) in [6.45, 7) is 2.60. The Morgan fingerprint density at radius 1 is 1.07 bits per heavy atom. The Hall–Kier alpha value is -2.14. The number of nitrogens with zero attached hydrogens (tertiary/aromatic N) is 5. The highest BCUT2D eigenvalue weighted by Gasteiger charge is 2.52. The zero-order valence-electron chi connectivity index (χ0n) is 15.2. The lowest BCUT2D eigenvalue weighted by Gasteiger charge is -2.40. The first-order chi connectivity index (χ1) is 13.2. The molecule has 2 amide bonds. The van der Waals surface area contributed by atoms with Crippen molar-refractivity contribution in [3.63, 3.8) is 0 Å². The number of nitrogens with one attached hydrogen (secondary N) is 2. The molecule has 4 fully saturated rings. The number of urea groups is 1. The van der Waals surface area contributed by atoms with Crippen molar-refractivity contribution in [2.24, 2.45) is 10.9 Å². The van der Waals surface area contributed by atoms with Crippen molar-refractivity contribution in [2.45, 2.75) is 56.7 Å². The van der Waals surface area contributed by atoms with Crippen molar-refractivity contribution < 1.29 is 4.79 Å². The third-order valence-corrected chi connectivity index (χ3v) is 7.06. The summed E-state index contributed by atoms with van der Waals surface area (Å²) in [7, 11) is 0. The van der Waals surface area contributed by atoms with E-state index in [0.29, 0.717) is 17.9 Å². The normalized spacial score (nSPS) is 33.5. The second-order valence-corrected chi connectivity index (χ2v) is 8.55. The lowest BCUT2D eigenvalue weighted by atomic mass is 10.0. The number of amides is 2. The summed E-state index contributed by atoms with van der Waals surface area (Å²) in [5.74, 6) is 1.22. The average molecular weight is 390 g/mol. The van der Waals surface area contributed by atoms with Crippen molar-refractivity contribution in [3.05, 3.63) is 10.9 Å². The molecule has 0 radical (unpaired) electrons. The van der Waals surface area contributed by atoms with E-state index in [1.165, 1.54) is 12.8 Å². The molecule has 8 nitrogen and oxygen atoms in total. The van der Waals surface area contributed by atoms with Gasteiger partial charge in [0.15, 0.2) is 10.9 Å². The molecule has 2 saturated carbocycles. The molecule has 3 aliphatic heterocycles. The predicted octanol–water partition coefficient (Wildman–Crippen LogP) is 1.52. The summed E-state index contributed by atoms with van der Waals surface area (Å²) in [5.41, 5.74) is 6.04. The van der Waals surface area contributed by atoms with Gasteiger partial charge in [-0.2, -0.15) is 10.3 Å². The SMILES string of the molecule is N#CC1=C(Cl)N=C(N2CC3CC(N4CCN(C5CCCC5)C4=O)C2C3)NN1. The van der Waals surface area contributed by atoms with Crippen molar-refractivity contribution in [1.82, 2.24) is 25.6 Å². The van der Waals surface area contributed by atoms with Crippen LogP contribution in [0.3, 0.4) is 0 Å². The van der Waals surface area contributed by atoms with Gasteiger partial charge in [-0.25, -0.2) is 4.79 Å². The topological polar surface area (TPSA) is 87.0 Å². The van der Waals surface area contributed by atoms with E-state index < -0.39 is 0 Å². The Morgan fingerprint density at radius 2 is 1.78 bits per heavy atom. The molecule has 2 N–H and O–H groups in total. The molecule has 9 heteroatoms. The number of halogens is 1. The minimum atomic E-state index is 0.176. The molecule has 0 spiro atoms. The number of rotatable bonds is 2. The summed E-state index contributed by atoms with van der Waals surface area (Å²) < 4.78 is 0. The van der Waals surface area contributed by atoms with Crippen LogP contribution in [0, 0.1) is 17.2 Å². The van der Waals surface area contributed by atoms with E-state index in [0.717, 1.165) is 45.3 Å². The van der Waals surface area contributed by atoms with Gasteiger partial charge in [0.2, 0.25) is 5.96 Å². The first-order valence-electron chi connectivity index (χ1n) is 9.90. The molecule has 2 bridgehead atoms. The van der Waals surface area contributed by atoms with Gasteiger partial charge in [0.05, 0.1) is 12.1 Å². The van der Waals surface area contributed by atoms with Crippen LogP contribution in [0.25, 0.3) is 0 Å². The van der Waals surface area contributed by atoms with Gasteiger partial charge in [-0.1, -0.05) is 24.4 Å². The van der Waals surface area contributed by atoms with Crippen LogP contribution in [0.4, 0.5) is 4.79 Å². The Morgan fingerprint density at radius 3 is 2.44 bits per heavy atom. The average Bonchev–Trinajstić information content (AvgIpc) is 3.44. The van der Waals surface area contributed by atoms with Crippen LogP contribution >= 0.6 is 11.6 Å². The maximum Gasteiger partial charge on any atom is 0.320 e. The number of likely N-dealkylation sites (tertiary alicyclic amines) is 1. The first kappa shape index (κ1) is 17.0. The van der Waals surface area contributed by atoms with E-state index in [1.807, 2.05) is 6.07 Å². The van der Waals surface area contributed by atoms with Crippen LogP contribution in [-0.2, 0) is 0 Å². The summed E-state index contributed by atoms with van der Waals surface area (Å²) >= 11 is 6.11. The minimum absolute atomic E-state index is 0.176. The molecule has 27 heavy (non-hydrogen) atoms. The number of hydrogen-bond donors (Lipinski definition) is 2. The molecule has 144 valence electrons. The molecule has 0 aromatic carbocycles. The summed E-state index contributed by atoms with van der Waals surface area (Å²) in [6.07, 6.45) is 6.94. The first-order valence-corrected chi connectivity index (χ1v) is 10.3. The van der Waals surface area contributed by atoms with E-state index >= 15 is 0 Å². The van der Waals surface area contributed by atoms with Crippen LogP contribution in [-0.4, -0.2) is 64.5 Å². The highest BCUT2D eigenvalue weighted by atomic mass is 35.5. The molecule has 3 unspecified atom stereocenters. The van der Waals surface area contributed by atoms with Gasteiger partial charge in [0.25, 0.3) is 0 Å². The number of aliphatic imine (C=N–C) groups is 1. The fourth-order valence-corrected chi connectivity index (χ4v) is 5.73. The lowest BCUT2D eigenvalue weighted by Crippen LogP contribution is -2.58. The molecule has 3 heterocycles. The van der Waals surface area contributed by atoms with Crippen LogP contribution in [0.2, 0.25) is 0 Å². The number of hydrazine groups is 1. The Kier molecular flexibility index (Phi) is 4.08. The Labute approximate surface area is 163 Å². The molecule has 0 aromatic heterocycles. The van der Waals surface area contributed by atoms with Crippen LogP contribution in [0.5, 0.6) is 0 Å². The molecule has 5 aliphatic rings. The van der Waals surface area contributed by atoms with E-state index in [-0.39, 0.29) is 29.0 Å². The van der Waals surface area contributed by atoms with Crippen molar-refractivity contribution in [3.8, 4) is 6.07 Å². The fraction of sp³-hybridized carbons (Fsp3) is 0.722. The maximum absolute atomic E-state index is 13.1. The van der Waals surface area contributed by atoms with Gasteiger partial charge in [0.1, 0.15) is 6.07 Å². The van der Waals surface area contributed by atoms with Gasteiger partial charge in [-0.05, 0) is 31.6 Å². The number of carbonyl (C=O) groups excluding carboxylic acids is 1. The largest absolute Gasteiger partial charge is 0.336 e. The number of allylic oxidation sites excluding steroid dienone is 1. The minimum Gasteiger partial charge on any atom is -0.336 e. The summed E-state index contributed by atoms with van der Waals surface area (Å²) in [5, 5.41) is 9.20. The second-order valence-electron chi connectivity index (χ2n) is 8.20. The third kappa shape index (κ3) is 2.71. The molecular formula is C18H24ClN7O. The Balaban J connectivity index is 1.32. The highest BCUT2D eigenvalue weighted by molar-refractivity contribution is 6.30.